The van der Waals surface area contributed by atoms with Crippen LogP contribution in [-0.4, -0.2) is 21.2 Å². The number of hydrogen-bond acceptors (Lipinski definition) is 2. The molecule has 9 heavy (non-hydrogen) atoms. The van der Waals surface area contributed by atoms with Gasteiger partial charge in [-0.25, -0.2) is 0 Å². The van der Waals surface area contributed by atoms with Crippen LogP contribution < -0.4 is 0 Å². The van der Waals surface area contributed by atoms with E-state index in [2.05, 4.69) is 11.3 Å². The summed E-state index contributed by atoms with van der Waals surface area (Å²) < 4.78 is 4.67. The molecule has 0 heterocycles. The molecule has 0 aliphatic rings. The maximum Gasteiger partial charge on any atom is 0.116 e. The molecule has 2 radical (unpaired) electrons. The van der Waals surface area contributed by atoms with E-state index in [4.69, 9.17) is 13.3 Å². The van der Waals surface area contributed by atoms with E-state index < -0.39 is 0 Å². The molecule has 0 spiro atoms. The van der Waals surface area contributed by atoms with E-state index in [9.17, 15) is 0 Å². The first-order valence-corrected chi connectivity index (χ1v) is 2.41. The highest BCUT2D eigenvalue weighted by atomic mass is 16.5. The van der Waals surface area contributed by atoms with Gasteiger partial charge in [-0.3, -0.25) is 0 Å². The van der Waals surface area contributed by atoms with Crippen molar-refractivity contribution in [2.45, 2.75) is 0 Å². The Bertz CT molecular complexity index is 151. The maximum absolute atomic E-state index is 6.66. The van der Waals surface area contributed by atoms with Crippen LogP contribution in [0.15, 0.2) is 23.9 Å². The number of rotatable bonds is 3. The van der Waals surface area contributed by atoms with Crippen LogP contribution in [0, 0.1) is 5.41 Å². The number of ether oxygens (including phenoxy) is 1. The van der Waals surface area contributed by atoms with Crippen LogP contribution in [0.1, 0.15) is 0 Å². The summed E-state index contributed by atoms with van der Waals surface area (Å²) in [7, 11) is 6.72. The van der Waals surface area contributed by atoms with Gasteiger partial charge in [0.1, 0.15) is 13.6 Å². The Kier molecular flexibility index (Phi) is 3.52. The van der Waals surface area contributed by atoms with E-state index in [0.29, 0.717) is 11.2 Å². The Hall–Kier alpha value is -0.985. The van der Waals surface area contributed by atoms with Gasteiger partial charge in [-0.2, -0.15) is 0 Å². The van der Waals surface area contributed by atoms with Crippen molar-refractivity contribution < 1.29 is 4.74 Å². The van der Waals surface area contributed by atoms with Crippen LogP contribution >= 0.6 is 0 Å². The second-order valence-corrected chi connectivity index (χ2v) is 1.46. The Balaban J connectivity index is 3.94. The van der Waals surface area contributed by atoms with Gasteiger partial charge in [0.15, 0.2) is 0 Å². The Labute approximate surface area is 56.1 Å². The minimum Gasteiger partial charge on any atom is -0.497 e. The van der Waals surface area contributed by atoms with E-state index in [-0.39, 0.29) is 0 Å². The topological polar surface area (TPSA) is 33.1 Å². The highest BCUT2D eigenvalue weighted by Gasteiger charge is 1.83. The lowest BCUT2D eigenvalue weighted by Crippen LogP contribution is -1.85. The summed E-state index contributed by atoms with van der Waals surface area (Å²) >= 11 is 0. The van der Waals surface area contributed by atoms with E-state index in [0.717, 1.165) is 6.21 Å². The summed E-state index contributed by atoms with van der Waals surface area (Å²) in [5, 5.41) is 6.66. The summed E-state index contributed by atoms with van der Waals surface area (Å²) in [6, 6.07) is 0. The SMILES string of the molecule is [B]/C(C=N)=C/C(=C)OC. The van der Waals surface area contributed by atoms with Crippen molar-refractivity contribution >= 4 is 14.1 Å². The van der Waals surface area contributed by atoms with Gasteiger partial charge in [0.25, 0.3) is 0 Å². The monoisotopic (exact) mass is 121 g/mol. The Morgan fingerprint density at radius 3 is 2.67 bits per heavy atom. The predicted octanol–water partition coefficient (Wildman–Crippen LogP) is 0.848. The minimum absolute atomic E-state index is 0.335. The van der Waals surface area contributed by atoms with Gasteiger partial charge in [-0.05, 0) is 6.08 Å². The van der Waals surface area contributed by atoms with Crippen molar-refractivity contribution in [3.05, 3.63) is 23.9 Å². The number of allylic oxidation sites excluding steroid dienone is 2. The zero-order valence-corrected chi connectivity index (χ0v) is 5.35. The van der Waals surface area contributed by atoms with Crippen LogP contribution in [-0.2, 0) is 4.74 Å². The molecule has 0 saturated carbocycles. The maximum atomic E-state index is 6.66. The molecule has 0 bridgehead atoms. The fourth-order valence-electron chi connectivity index (χ4n) is 0.286. The lowest BCUT2D eigenvalue weighted by Gasteiger charge is -1.95. The number of hydrogen-bond donors (Lipinski definition) is 1. The predicted molar refractivity (Wildman–Crippen MR) is 38.8 cm³/mol. The van der Waals surface area contributed by atoms with E-state index in [1.54, 1.807) is 0 Å². The standard InChI is InChI=1S/C6H8BNO/c1-5(9-2)3-6(7)4-8/h3-4,8H,1H2,2H3/b6-3+,8-4?. The van der Waals surface area contributed by atoms with Crippen molar-refractivity contribution in [2.24, 2.45) is 0 Å². The zero-order valence-electron chi connectivity index (χ0n) is 5.35. The molecule has 0 saturated heterocycles. The molecule has 0 aromatic heterocycles. The highest BCUT2D eigenvalue weighted by Crippen LogP contribution is 1.94. The molecule has 0 rings (SSSR count). The summed E-state index contributed by atoms with van der Waals surface area (Å²) in [6.45, 7) is 3.48. The van der Waals surface area contributed by atoms with E-state index in [1.807, 2.05) is 0 Å². The Morgan fingerprint density at radius 1 is 1.78 bits per heavy atom. The van der Waals surface area contributed by atoms with Crippen LogP contribution in [0.5, 0.6) is 0 Å². The van der Waals surface area contributed by atoms with Gasteiger partial charge in [-0.1, -0.05) is 12.1 Å². The van der Waals surface area contributed by atoms with Gasteiger partial charge in [0.05, 0.1) is 7.11 Å². The quantitative estimate of drug-likeness (QED) is 0.255. The van der Waals surface area contributed by atoms with Crippen molar-refractivity contribution in [3.8, 4) is 0 Å². The Morgan fingerprint density at radius 2 is 2.33 bits per heavy atom. The fraction of sp³-hybridized carbons (Fsp3) is 0.167. The first kappa shape index (κ1) is 8.01. The number of methoxy groups -OCH3 is 1. The third-order valence-electron chi connectivity index (χ3n) is 0.757. The van der Waals surface area contributed by atoms with Crippen molar-refractivity contribution in [1.29, 1.82) is 5.41 Å². The van der Waals surface area contributed by atoms with Crippen molar-refractivity contribution in [3.63, 3.8) is 0 Å². The molecule has 0 atom stereocenters. The largest absolute Gasteiger partial charge is 0.497 e. The van der Waals surface area contributed by atoms with Crippen LogP contribution in [0.2, 0.25) is 0 Å². The summed E-state index contributed by atoms with van der Waals surface area (Å²) in [5.41, 5.74) is 0.335. The molecule has 2 nitrogen and oxygen atoms in total. The molecular formula is C6H8BNO. The smallest absolute Gasteiger partial charge is 0.116 e. The third kappa shape index (κ3) is 3.59. The van der Waals surface area contributed by atoms with Gasteiger partial charge < -0.3 is 10.1 Å². The second-order valence-electron chi connectivity index (χ2n) is 1.46. The lowest BCUT2D eigenvalue weighted by atomic mass is 9.96. The van der Waals surface area contributed by atoms with Gasteiger partial charge >= 0.3 is 0 Å². The molecule has 0 amide bonds. The van der Waals surface area contributed by atoms with Gasteiger partial charge in [0, 0.05) is 6.21 Å². The van der Waals surface area contributed by atoms with Crippen molar-refractivity contribution in [1.82, 2.24) is 0 Å². The van der Waals surface area contributed by atoms with Gasteiger partial charge in [0.2, 0.25) is 0 Å². The second kappa shape index (κ2) is 3.95. The van der Waals surface area contributed by atoms with Crippen LogP contribution in [0.3, 0.4) is 0 Å². The lowest BCUT2D eigenvalue weighted by molar-refractivity contribution is 0.309. The third-order valence-corrected chi connectivity index (χ3v) is 0.757. The molecule has 0 fully saturated rings. The molecule has 0 aromatic rings. The van der Waals surface area contributed by atoms with Crippen LogP contribution in [0.25, 0.3) is 0 Å². The van der Waals surface area contributed by atoms with Crippen LogP contribution in [0.4, 0.5) is 0 Å². The van der Waals surface area contributed by atoms with Crippen molar-refractivity contribution in [2.75, 3.05) is 7.11 Å². The molecule has 46 valence electrons. The highest BCUT2D eigenvalue weighted by molar-refractivity contribution is 6.32. The molecular weight excluding hydrogens is 113 g/mol. The normalized spacial score (nSPS) is 10.6. The summed E-state index contributed by atoms with van der Waals surface area (Å²) in [6.07, 6.45) is 2.51. The summed E-state index contributed by atoms with van der Waals surface area (Å²) in [5.74, 6) is 0.455. The molecule has 3 heteroatoms. The molecule has 0 aliphatic carbocycles. The first-order valence-electron chi connectivity index (χ1n) is 2.41. The number of nitrogens with one attached hydrogen (secondary N) is 1. The molecule has 0 aliphatic heterocycles. The average Bonchev–Trinajstić information content (AvgIpc) is 1.87. The fourth-order valence-corrected chi connectivity index (χ4v) is 0.286. The van der Waals surface area contributed by atoms with E-state index >= 15 is 0 Å². The minimum atomic E-state index is 0.335. The van der Waals surface area contributed by atoms with Gasteiger partial charge in [-0.15, -0.1) is 0 Å². The molecule has 0 aromatic carbocycles. The van der Waals surface area contributed by atoms with E-state index in [1.165, 1.54) is 13.2 Å². The average molecular weight is 121 g/mol. The molecule has 1 N–H and O–H groups in total. The first-order chi connectivity index (χ1) is 4.20. The molecule has 0 unspecified atom stereocenters. The summed E-state index contributed by atoms with van der Waals surface area (Å²) in [4.78, 5) is 0. The zero-order chi connectivity index (χ0) is 7.28.